The normalized spacial score (nSPS) is 19.5. The Morgan fingerprint density at radius 1 is 1.03 bits per heavy atom. The Balaban J connectivity index is 1.21. The average Bonchev–Trinajstić information content (AvgIpc) is 3.50. The summed E-state index contributed by atoms with van der Waals surface area (Å²) < 4.78 is 0. The number of hydrogen-bond donors (Lipinski definition) is 0. The lowest BCUT2D eigenvalue weighted by Crippen LogP contribution is -2.52. The highest BCUT2D eigenvalue weighted by molar-refractivity contribution is 7.11. The van der Waals surface area contributed by atoms with Crippen molar-refractivity contribution in [2.24, 2.45) is 0 Å². The van der Waals surface area contributed by atoms with Crippen molar-refractivity contribution in [3.05, 3.63) is 70.1 Å². The van der Waals surface area contributed by atoms with Crippen LogP contribution in [-0.2, 0) is 4.79 Å². The molecule has 32 heavy (non-hydrogen) atoms. The second-order valence-corrected chi connectivity index (χ2v) is 9.36. The summed E-state index contributed by atoms with van der Waals surface area (Å²) in [4.78, 5) is 35.5. The van der Waals surface area contributed by atoms with Crippen LogP contribution in [0.1, 0.15) is 16.2 Å². The average molecular weight is 467 g/mol. The summed E-state index contributed by atoms with van der Waals surface area (Å²) in [6.45, 7) is 3.54. The highest BCUT2D eigenvalue weighted by Crippen LogP contribution is 2.31. The van der Waals surface area contributed by atoms with Crippen LogP contribution in [0.25, 0.3) is 11.1 Å². The summed E-state index contributed by atoms with van der Waals surface area (Å²) in [6, 6.07) is 15.9. The molecule has 8 heteroatoms. The molecular formula is C24H23ClN4O2S. The molecule has 1 aromatic heterocycles. The van der Waals surface area contributed by atoms with Gasteiger partial charge in [0.2, 0.25) is 5.91 Å². The first-order chi connectivity index (χ1) is 15.6. The van der Waals surface area contributed by atoms with Gasteiger partial charge in [-0.3, -0.25) is 14.5 Å². The van der Waals surface area contributed by atoms with E-state index in [1.54, 1.807) is 6.20 Å². The summed E-state index contributed by atoms with van der Waals surface area (Å²) in [7, 11) is 0. The maximum atomic E-state index is 12.8. The molecule has 0 spiro atoms. The third-order valence-corrected chi connectivity index (χ3v) is 7.29. The molecule has 164 valence electrons. The number of piperazine rings is 1. The topological polar surface area (TPSA) is 56.8 Å². The molecule has 3 heterocycles. The molecule has 2 aliphatic rings. The summed E-state index contributed by atoms with van der Waals surface area (Å²) in [6.07, 6.45) is 2.17. The third kappa shape index (κ3) is 4.16. The summed E-state index contributed by atoms with van der Waals surface area (Å²) in [5.74, 6) is 0.143. The number of amides is 2. The summed E-state index contributed by atoms with van der Waals surface area (Å²) in [5.41, 5.74) is 2.92. The molecule has 0 saturated carbocycles. The van der Waals surface area contributed by atoms with Crippen LogP contribution < -0.4 is 4.90 Å². The highest BCUT2D eigenvalue weighted by atomic mass is 35.5. The molecule has 0 aliphatic carbocycles. The van der Waals surface area contributed by atoms with E-state index in [9.17, 15) is 9.59 Å². The lowest BCUT2D eigenvalue weighted by Gasteiger charge is -2.37. The van der Waals surface area contributed by atoms with Gasteiger partial charge in [-0.2, -0.15) is 0 Å². The molecule has 2 aromatic carbocycles. The first-order valence-corrected chi connectivity index (χ1v) is 11.9. The highest BCUT2D eigenvalue weighted by Gasteiger charge is 2.36. The van der Waals surface area contributed by atoms with E-state index >= 15 is 0 Å². The van der Waals surface area contributed by atoms with E-state index in [1.165, 1.54) is 11.3 Å². The second kappa shape index (κ2) is 9.02. The van der Waals surface area contributed by atoms with Gasteiger partial charge in [0.05, 0.1) is 0 Å². The van der Waals surface area contributed by atoms with E-state index in [0.29, 0.717) is 36.1 Å². The van der Waals surface area contributed by atoms with Crippen molar-refractivity contribution in [2.45, 2.75) is 12.5 Å². The van der Waals surface area contributed by atoms with Crippen molar-refractivity contribution < 1.29 is 9.59 Å². The number of rotatable bonds is 4. The fraction of sp³-hybridized carbons (Fsp3) is 0.292. The Labute approximate surface area is 196 Å². The van der Waals surface area contributed by atoms with Gasteiger partial charge >= 0.3 is 0 Å². The number of carbonyl (C=O) groups is 2. The molecule has 3 aromatic rings. The first-order valence-electron chi connectivity index (χ1n) is 10.7. The number of anilines is 1. The zero-order chi connectivity index (χ0) is 22.1. The van der Waals surface area contributed by atoms with Gasteiger partial charge in [0.25, 0.3) is 5.91 Å². The molecule has 2 fully saturated rings. The van der Waals surface area contributed by atoms with Gasteiger partial charge in [0.1, 0.15) is 0 Å². The largest absolute Gasteiger partial charge is 0.334 e. The van der Waals surface area contributed by atoms with Crippen LogP contribution >= 0.6 is 22.9 Å². The maximum Gasteiger partial charge on any atom is 0.282 e. The molecule has 0 N–H and O–H groups in total. The van der Waals surface area contributed by atoms with Crippen LogP contribution in [0.5, 0.6) is 0 Å². The Morgan fingerprint density at radius 3 is 2.47 bits per heavy atom. The van der Waals surface area contributed by atoms with Gasteiger partial charge < -0.3 is 9.80 Å². The number of nitrogens with zero attached hydrogens (tertiary/aromatic N) is 4. The standard InChI is InChI=1S/C24H23ClN4O2S/c25-21-4-2-1-3-20(21)17-5-7-18(8-6-17)29-16-19(15-22(29)30)27-10-12-28(13-11-27)24(31)23-26-9-14-32-23/h1-9,14,19H,10-13,15-16H2. The van der Waals surface area contributed by atoms with Crippen molar-refractivity contribution in [3.63, 3.8) is 0 Å². The Bertz CT molecular complexity index is 1110. The second-order valence-electron chi connectivity index (χ2n) is 8.05. The van der Waals surface area contributed by atoms with Crippen molar-refractivity contribution in [1.29, 1.82) is 0 Å². The SMILES string of the molecule is O=C(c1nccs1)N1CCN(C2CC(=O)N(c3ccc(-c4ccccc4Cl)cc3)C2)CC1. The smallest absolute Gasteiger partial charge is 0.282 e. The zero-order valence-electron chi connectivity index (χ0n) is 17.5. The Kier molecular flexibility index (Phi) is 5.95. The predicted octanol–water partition coefficient (Wildman–Crippen LogP) is 4.03. The minimum Gasteiger partial charge on any atom is -0.334 e. The molecule has 2 amide bonds. The van der Waals surface area contributed by atoms with Crippen LogP contribution in [0.4, 0.5) is 5.69 Å². The van der Waals surface area contributed by atoms with Crippen LogP contribution in [0.3, 0.4) is 0 Å². The van der Waals surface area contributed by atoms with Crippen LogP contribution in [0.2, 0.25) is 5.02 Å². The number of aromatic nitrogens is 1. The summed E-state index contributed by atoms with van der Waals surface area (Å²) in [5, 5.41) is 3.08. The third-order valence-electron chi connectivity index (χ3n) is 6.20. The monoisotopic (exact) mass is 466 g/mol. The molecule has 0 bridgehead atoms. The van der Waals surface area contributed by atoms with Crippen molar-refractivity contribution in [1.82, 2.24) is 14.8 Å². The van der Waals surface area contributed by atoms with Gasteiger partial charge in [0, 0.05) is 73.0 Å². The van der Waals surface area contributed by atoms with Gasteiger partial charge in [-0.05, 0) is 23.8 Å². The van der Waals surface area contributed by atoms with Crippen molar-refractivity contribution >= 4 is 40.4 Å². The lowest BCUT2D eigenvalue weighted by atomic mass is 10.1. The van der Waals surface area contributed by atoms with E-state index in [-0.39, 0.29) is 17.9 Å². The Hall–Kier alpha value is -2.74. The van der Waals surface area contributed by atoms with Gasteiger partial charge in [-0.25, -0.2) is 4.98 Å². The zero-order valence-corrected chi connectivity index (χ0v) is 19.1. The van der Waals surface area contributed by atoms with E-state index in [0.717, 1.165) is 29.9 Å². The number of hydrogen-bond acceptors (Lipinski definition) is 5. The fourth-order valence-electron chi connectivity index (χ4n) is 4.45. The van der Waals surface area contributed by atoms with E-state index < -0.39 is 0 Å². The predicted molar refractivity (Wildman–Crippen MR) is 127 cm³/mol. The van der Waals surface area contributed by atoms with Crippen molar-refractivity contribution in [2.75, 3.05) is 37.6 Å². The number of halogens is 1. The first kappa shape index (κ1) is 21.1. The van der Waals surface area contributed by atoms with E-state index in [4.69, 9.17) is 11.6 Å². The van der Waals surface area contributed by atoms with Gasteiger partial charge in [0.15, 0.2) is 5.01 Å². The quantitative estimate of drug-likeness (QED) is 0.582. The fourth-order valence-corrected chi connectivity index (χ4v) is 5.30. The molecule has 2 aliphatic heterocycles. The van der Waals surface area contributed by atoms with Gasteiger partial charge in [-0.15, -0.1) is 11.3 Å². The van der Waals surface area contributed by atoms with Crippen LogP contribution in [-0.4, -0.2) is 65.4 Å². The minimum absolute atomic E-state index is 0.00221. The van der Waals surface area contributed by atoms with Crippen LogP contribution in [0.15, 0.2) is 60.1 Å². The molecular weight excluding hydrogens is 444 g/mol. The van der Waals surface area contributed by atoms with Crippen LogP contribution in [0, 0.1) is 0 Å². The van der Waals surface area contributed by atoms with Crippen molar-refractivity contribution in [3.8, 4) is 11.1 Å². The molecule has 6 nitrogen and oxygen atoms in total. The van der Waals surface area contributed by atoms with E-state index in [1.807, 2.05) is 63.7 Å². The summed E-state index contributed by atoms with van der Waals surface area (Å²) >= 11 is 7.69. The maximum absolute atomic E-state index is 12.8. The minimum atomic E-state index is 0.00221. The number of thiazole rings is 1. The number of benzene rings is 2. The van der Waals surface area contributed by atoms with E-state index in [2.05, 4.69) is 9.88 Å². The molecule has 0 radical (unpaired) electrons. The lowest BCUT2D eigenvalue weighted by molar-refractivity contribution is -0.117. The molecule has 1 unspecified atom stereocenters. The molecule has 5 rings (SSSR count). The molecule has 1 atom stereocenters. The molecule has 2 saturated heterocycles. The number of carbonyl (C=O) groups excluding carboxylic acids is 2. The Morgan fingerprint density at radius 2 is 1.78 bits per heavy atom. The van der Waals surface area contributed by atoms with Gasteiger partial charge in [-0.1, -0.05) is 41.9 Å².